The summed E-state index contributed by atoms with van der Waals surface area (Å²) in [5, 5.41) is 7.88. The van der Waals surface area contributed by atoms with E-state index in [1.807, 2.05) is 0 Å². The summed E-state index contributed by atoms with van der Waals surface area (Å²) in [6.45, 7) is -2.86. The molecule has 2 rings (SSSR count). The van der Waals surface area contributed by atoms with Crippen LogP contribution in [0.3, 0.4) is 0 Å². The molecule has 0 saturated carbocycles. The summed E-state index contributed by atoms with van der Waals surface area (Å²) in [7, 11) is 1.52. The van der Waals surface area contributed by atoms with E-state index in [-0.39, 0.29) is 5.88 Å². The van der Waals surface area contributed by atoms with Crippen molar-refractivity contribution in [2.24, 2.45) is 7.05 Å². The zero-order valence-electron chi connectivity index (χ0n) is 7.84. The molecule has 2 heterocycles. The number of halogens is 2. The second-order valence-electron chi connectivity index (χ2n) is 2.79. The Kier molecular flexibility index (Phi) is 2.36. The number of hydrogen-bond donors (Lipinski definition) is 0. The molecule has 0 unspecified atom stereocenters. The van der Waals surface area contributed by atoms with Gasteiger partial charge >= 0.3 is 6.61 Å². The molecule has 0 aromatic carbocycles. The molecule has 0 fully saturated rings. The van der Waals surface area contributed by atoms with Gasteiger partial charge in [0.05, 0.1) is 0 Å². The third-order valence-electron chi connectivity index (χ3n) is 1.77. The number of rotatable bonds is 3. The largest absolute Gasteiger partial charge is 0.417 e. The van der Waals surface area contributed by atoms with Crippen LogP contribution in [-0.4, -0.2) is 26.2 Å². The Balaban J connectivity index is 2.29. The maximum Gasteiger partial charge on any atom is 0.388 e. The number of hydrogen-bond acceptors (Lipinski definition) is 3. The highest BCUT2D eigenvalue weighted by Gasteiger charge is 2.11. The van der Waals surface area contributed by atoms with Gasteiger partial charge in [-0.3, -0.25) is 0 Å². The van der Waals surface area contributed by atoms with Crippen molar-refractivity contribution in [3.8, 4) is 11.7 Å². The monoisotopic (exact) mass is 214 g/mol. The lowest BCUT2D eigenvalue weighted by atomic mass is 10.6. The molecule has 0 saturated heterocycles. The number of alkyl halides is 2. The van der Waals surface area contributed by atoms with Crippen molar-refractivity contribution >= 4 is 0 Å². The topological polar surface area (TPSA) is 44.9 Å². The lowest BCUT2D eigenvalue weighted by Gasteiger charge is -2.01. The summed E-state index contributed by atoms with van der Waals surface area (Å²) >= 11 is 0. The van der Waals surface area contributed by atoms with Gasteiger partial charge in [0.15, 0.2) is 5.82 Å². The number of aromatic nitrogens is 4. The SMILES string of the molecule is Cn1nc(-n2cccn2)cc1OC(F)F. The summed E-state index contributed by atoms with van der Waals surface area (Å²) in [5.41, 5.74) is 0. The van der Waals surface area contributed by atoms with Gasteiger partial charge in [-0.15, -0.1) is 5.10 Å². The van der Waals surface area contributed by atoms with E-state index in [1.165, 1.54) is 22.5 Å². The summed E-state index contributed by atoms with van der Waals surface area (Å²) in [6.07, 6.45) is 3.23. The quantitative estimate of drug-likeness (QED) is 0.771. The number of ether oxygens (including phenoxy) is 1. The molecule has 2 aromatic rings. The average molecular weight is 214 g/mol. The summed E-state index contributed by atoms with van der Waals surface area (Å²) in [6, 6.07) is 3.10. The van der Waals surface area contributed by atoms with Gasteiger partial charge in [0.2, 0.25) is 5.88 Å². The molecule has 0 atom stereocenters. The van der Waals surface area contributed by atoms with E-state index in [2.05, 4.69) is 14.9 Å². The summed E-state index contributed by atoms with van der Waals surface area (Å²) in [4.78, 5) is 0. The van der Waals surface area contributed by atoms with Crippen molar-refractivity contribution in [3.63, 3.8) is 0 Å². The fraction of sp³-hybridized carbons (Fsp3) is 0.250. The standard InChI is InChI=1S/C8H8F2N4O/c1-13-7(15-8(9)10)5-6(12-13)14-4-2-3-11-14/h2-5,8H,1H3. The average Bonchev–Trinajstić information content (AvgIpc) is 2.75. The molecule has 0 spiro atoms. The van der Waals surface area contributed by atoms with Gasteiger partial charge in [-0.1, -0.05) is 0 Å². The maximum absolute atomic E-state index is 12.0. The van der Waals surface area contributed by atoms with Crippen LogP contribution in [0.25, 0.3) is 5.82 Å². The summed E-state index contributed by atoms with van der Waals surface area (Å²) < 4.78 is 30.9. The first-order valence-electron chi connectivity index (χ1n) is 4.15. The third-order valence-corrected chi connectivity index (χ3v) is 1.77. The van der Waals surface area contributed by atoms with Crippen LogP contribution in [0.1, 0.15) is 0 Å². The Labute approximate surface area is 83.9 Å². The molecule has 2 aromatic heterocycles. The van der Waals surface area contributed by atoms with Crippen LogP contribution in [0.2, 0.25) is 0 Å². The van der Waals surface area contributed by atoms with Crippen LogP contribution in [0, 0.1) is 0 Å². The van der Waals surface area contributed by atoms with Gasteiger partial charge in [-0.25, -0.2) is 9.36 Å². The highest BCUT2D eigenvalue weighted by Crippen LogP contribution is 2.16. The normalized spacial score (nSPS) is 10.9. The lowest BCUT2D eigenvalue weighted by Crippen LogP contribution is -2.06. The highest BCUT2D eigenvalue weighted by molar-refractivity contribution is 5.27. The Morgan fingerprint density at radius 3 is 2.87 bits per heavy atom. The molecule has 80 valence electrons. The van der Waals surface area contributed by atoms with Gasteiger partial charge in [0.1, 0.15) is 0 Å². The maximum atomic E-state index is 12.0. The molecule has 7 heteroatoms. The van der Waals surface area contributed by atoms with Crippen LogP contribution >= 0.6 is 0 Å². The van der Waals surface area contributed by atoms with Crippen molar-refractivity contribution in [2.45, 2.75) is 6.61 Å². The zero-order chi connectivity index (χ0) is 10.8. The van der Waals surface area contributed by atoms with E-state index >= 15 is 0 Å². The minimum Gasteiger partial charge on any atom is -0.417 e. The minimum atomic E-state index is -2.86. The first kappa shape index (κ1) is 9.63. The molecule has 5 nitrogen and oxygen atoms in total. The van der Waals surface area contributed by atoms with Crippen molar-refractivity contribution in [1.29, 1.82) is 0 Å². The number of aryl methyl sites for hydroxylation is 1. The fourth-order valence-corrected chi connectivity index (χ4v) is 1.15. The van der Waals surface area contributed by atoms with Crippen molar-refractivity contribution < 1.29 is 13.5 Å². The first-order valence-corrected chi connectivity index (χ1v) is 4.15. The predicted molar refractivity (Wildman–Crippen MR) is 47.0 cm³/mol. The highest BCUT2D eigenvalue weighted by atomic mass is 19.3. The molecule has 0 amide bonds. The van der Waals surface area contributed by atoms with Crippen molar-refractivity contribution in [2.75, 3.05) is 0 Å². The molecule has 15 heavy (non-hydrogen) atoms. The summed E-state index contributed by atoms with van der Waals surface area (Å²) in [5.74, 6) is 0.425. The Bertz CT molecular complexity index is 437. The minimum absolute atomic E-state index is 0.00417. The molecule has 0 aliphatic rings. The van der Waals surface area contributed by atoms with Crippen LogP contribution in [0.15, 0.2) is 24.5 Å². The van der Waals surface area contributed by atoms with Crippen LogP contribution < -0.4 is 4.74 Å². The van der Waals surface area contributed by atoms with E-state index in [0.717, 1.165) is 0 Å². The molecule has 0 bridgehead atoms. The van der Waals surface area contributed by atoms with E-state index in [9.17, 15) is 8.78 Å². The predicted octanol–water partition coefficient (Wildman–Crippen LogP) is 1.21. The Hall–Kier alpha value is -1.92. The van der Waals surface area contributed by atoms with Gasteiger partial charge in [-0.2, -0.15) is 13.9 Å². The second-order valence-corrected chi connectivity index (χ2v) is 2.79. The van der Waals surface area contributed by atoms with Gasteiger partial charge in [0.25, 0.3) is 0 Å². The van der Waals surface area contributed by atoms with Gasteiger partial charge in [-0.05, 0) is 6.07 Å². The van der Waals surface area contributed by atoms with Crippen molar-refractivity contribution in [3.05, 3.63) is 24.5 Å². The fourth-order valence-electron chi connectivity index (χ4n) is 1.15. The third kappa shape index (κ3) is 1.95. The Morgan fingerprint density at radius 1 is 1.47 bits per heavy atom. The van der Waals surface area contributed by atoms with Crippen molar-refractivity contribution in [1.82, 2.24) is 19.6 Å². The molecule has 0 N–H and O–H groups in total. The first-order chi connectivity index (χ1) is 7.16. The second kappa shape index (κ2) is 3.68. The van der Waals surface area contributed by atoms with E-state index in [0.29, 0.717) is 5.82 Å². The van der Waals surface area contributed by atoms with Crippen LogP contribution in [0.5, 0.6) is 5.88 Å². The number of nitrogens with zero attached hydrogens (tertiary/aromatic N) is 4. The molecule has 0 aliphatic carbocycles. The molecule has 0 aliphatic heterocycles. The molecule has 0 radical (unpaired) electrons. The van der Waals surface area contributed by atoms with Gasteiger partial charge in [0, 0.05) is 25.5 Å². The van der Waals surface area contributed by atoms with Gasteiger partial charge < -0.3 is 4.74 Å². The van der Waals surface area contributed by atoms with E-state index in [4.69, 9.17) is 0 Å². The van der Waals surface area contributed by atoms with Crippen LogP contribution in [-0.2, 0) is 7.05 Å². The molecular formula is C8H8F2N4O. The lowest BCUT2D eigenvalue weighted by molar-refractivity contribution is -0.0553. The Morgan fingerprint density at radius 2 is 2.27 bits per heavy atom. The van der Waals surface area contributed by atoms with E-state index < -0.39 is 6.61 Å². The molecular weight excluding hydrogens is 206 g/mol. The van der Waals surface area contributed by atoms with Crippen LogP contribution in [0.4, 0.5) is 8.78 Å². The smallest absolute Gasteiger partial charge is 0.388 e. The zero-order valence-corrected chi connectivity index (χ0v) is 7.84. The van der Waals surface area contributed by atoms with E-state index in [1.54, 1.807) is 18.5 Å².